The van der Waals surface area contributed by atoms with Gasteiger partial charge >= 0.3 is 0 Å². The molecule has 19 heavy (non-hydrogen) atoms. The Morgan fingerprint density at radius 2 is 2.21 bits per heavy atom. The van der Waals surface area contributed by atoms with Gasteiger partial charge in [-0.3, -0.25) is 4.79 Å². The maximum absolute atomic E-state index is 13.2. The monoisotopic (exact) mass is 436 g/mol. The quantitative estimate of drug-likeness (QED) is 0.742. The number of H-pyrrole nitrogens is 1. The molecule has 0 saturated heterocycles. The van der Waals surface area contributed by atoms with Crippen molar-refractivity contribution >= 4 is 38.5 Å². The van der Waals surface area contributed by atoms with E-state index < -0.39 is 0 Å². The van der Waals surface area contributed by atoms with E-state index in [0.29, 0.717) is 19.4 Å². The summed E-state index contributed by atoms with van der Waals surface area (Å²) in [7, 11) is 0. The van der Waals surface area contributed by atoms with Crippen LogP contribution in [0.15, 0.2) is 27.5 Å². The number of nitrogens with zero attached hydrogens (tertiary/aromatic N) is 1. The Morgan fingerprint density at radius 3 is 2.84 bits per heavy atom. The van der Waals surface area contributed by atoms with E-state index in [1.165, 1.54) is 6.07 Å². The van der Waals surface area contributed by atoms with Gasteiger partial charge in [0.2, 0.25) is 0 Å². The molecule has 0 amide bonds. The number of hydrogen-bond donors (Lipinski definition) is 1. The molecular formula is C13H11BrFIN2O. The minimum atomic E-state index is -0.342. The Hall–Kier alpha value is -0.760. The Balaban J connectivity index is 2.56. The zero-order valence-corrected chi connectivity index (χ0v) is 13.9. The Bertz CT molecular complexity index is 672. The molecule has 0 aliphatic heterocycles. The predicted octanol–water partition coefficient (Wildman–Crippen LogP) is 3.90. The summed E-state index contributed by atoms with van der Waals surface area (Å²) in [4.78, 5) is 19.0. The standard InChI is InChI=1S/C13H11BrFIN2O/c1-2-3-10-11(16)13(19)18-12(17-10)7-4-5-9(15)8(14)6-7/h4-6H,2-3H2,1H3,(H,17,18,19). The van der Waals surface area contributed by atoms with Gasteiger partial charge in [0.25, 0.3) is 5.56 Å². The fourth-order valence-electron chi connectivity index (χ4n) is 1.69. The van der Waals surface area contributed by atoms with Crippen molar-refractivity contribution in [1.82, 2.24) is 9.97 Å². The van der Waals surface area contributed by atoms with Gasteiger partial charge in [-0.15, -0.1) is 0 Å². The first-order valence-electron chi connectivity index (χ1n) is 5.77. The smallest absolute Gasteiger partial charge is 0.264 e. The third kappa shape index (κ3) is 3.22. The minimum absolute atomic E-state index is 0.158. The Labute approximate surface area is 131 Å². The summed E-state index contributed by atoms with van der Waals surface area (Å²) in [6.07, 6.45) is 1.66. The molecule has 0 atom stereocenters. The van der Waals surface area contributed by atoms with Crippen LogP contribution >= 0.6 is 38.5 Å². The third-order valence-electron chi connectivity index (χ3n) is 2.61. The number of hydrogen-bond acceptors (Lipinski definition) is 2. The number of benzene rings is 1. The van der Waals surface area contributed by atoms with E-state index >= 15 is 0 Å². The summed E-state index contributed by atoms with van der Waals surface area (Å²) in [6, 6.07) is 4.55. The number of aryl methyl sites for hydroxylation is 1. The van der Waals surface area contributed by atoms with Gasteiger partial charge in [0.05, 0.1) is 13.7 Å². The molecule has 2 aromatic rings. The molecule has 1 aromatic carbocycles. The van der Waals surface area contributed by atoms with Crippen molar-refractivity contribution in [3.05, 3.63) is 48.1 Å². The normalized spacial score (nSPS) is 10.7. The summed E-state index contributed by atoms with van der Waals surface area (Å²) in [5.41, 5.74) is 1.30. The van der Waals surface area contributed by atoms with E-state index in [-0.39, 0.29) is 11.4 Å². The molecule has 0 aliphatic carbocycles. The van der Waals surface area contributed by atoms with Gasteiger partial charge in [-0.05, 0) is 63.1 Å². The number of rotatable bonds is 3. The van der Waals surface area contributed by atoms with Gasteiger partial charge in [0.1, 0.15) is 11.6 Å². The van der Waals surface area contributed by atoms with Crippen LogP contribution in [0, 0.1) is 9.39 Å². The second kappa shape index (κ2) is 6.13. The second-order valence-corrected chi connectivity index (χ2v) is 5.99. The lowest BCUT2D eigenvalue weighted by molar-refractivity contribution is 0.621. The highest BCUT2D eigenvalue weighted by Gasteiger charge is 2.10. The van der Waals surface area contributed by atoms with Crippen molar-refractivity contribution in [1.29, 1.82) is 0 Å². The van der Waals surface area contributed by atoms with Crippen molar-refractivity contribution in [2.75, 3.05) is 0 Å². The van der Waals surface area contributed by atoms with Gasteiger partial charge in [0.15, 0.2) is 0 Å². The van der Waals surface area contributed by atoms with Gasteiger partial charge < -0.3 is 4.98 Å². The van der Waals surface area contributed by atoms with Crippen LogP contribution in [-0.2, 0) is 6.42 Å². The largest absolute Gasteiger partial charge is 0.306 e. The molecule has 1 N–H and O–H groups in total. The lowest BCUT2D eigenvalue weighted by atomic mass is 10.2. The van der Waals surface area contributed by atoms with Crippen LogP contribution in [0.25, 0.3) is 11.4 Å². The van der Waals surface area contributed by atoms with E-state index in [0.717, 1.165) is 18.5 Å². The Morgan fingerprint density at radius 1 is 1.47 bits per heavy atom. The maximum Gasteiger partial charge on any atom is 0.264 e. The van der Waals surface area contributed by atoms with Crippen LogP contribution in [0.2, 0.25) is 0 Å². The lowest BCUT2D eigenvalue weighted by Gasteiger charge is -2.06. The molecule has 1 heterocycles. The highest BCUT2D eigenvalue weighted by atomic mass is 127. The summed E-state index contributed by atoms with van der Waals surface area (Å²) in [5.74, 6) is 0.125. The average molecular weight is 437 g/mol. The molecule has 0 bridgehead atoms. The van der Waals surface area contributed by atoms with Crippen LogP contribution in [0.3, 0.4) is 0 Å². The van der Waals surface area contributed by atoms with Crippen LogP contribution in [0.5, 0.6) is 0 Å². The molecule has 1 aromatic heterocycles. The van der Waals surface area contributed by atoms with Crippen LogP contribution in [0.1, 0.15) is 19.0 Å². The van der Waals surface area contributed by atoms with Crippen molar-refractivity contribution in [3.8, 4) is 11.4 Å². The van der Waals surface area contributed by atoms with Crippen molar-refractivity contribution < 1.29 is 4.39 Å². The zero-order valence-electron chi connectivity index (χ0n) is 10.1. The Kier molecular flexibility index (Phi) is 4.72. The number of aromatic nitrogens is 2. The molecule has 0 unspecified atom stereocenters. The van der Waals surface area contributed by atoms with Gasteiger partial charge in [0, 0.05) is 5.56 Å². The van der Waals surface area contributed by atoms with E-state index in [2.05, 4.69) is 25.9 Å². The van der Waals surface area contributed by atoms with Crippen LogP contribution in [-0.4, -0.2) is 9.97 Å². The molecule has 0 saturated carbocycles. The highest BCUT2D eigenvalue weighted by molar-refractivity contribution is 14.1. The van der Waals surface area contributed by atoms with E-state index in [9.17, 15) is 9.18 Å². The van der Waals surface area contributed by atoms with E-state index in [1.807, 2.05) is 29.5 Å². The second-order valence-electron chi connectivity index (χ2n) is 4.05. The average Bonchev–Trinajstić information content (AvgIpc) is 2.38. The fraction of sp³-hybridized carbons (Fsp3) is 0.231. The maximum atomic E-state index is 13.2. The molecule has 0 radical (unpaired) electrons. The van der Waals surface area contributed by atoms with Crippen molar-refractivity contribution in [2.45, 2.75) is 19.8 Å². The van der Waals surface area contributed by atoms with Crippen LogP contribution in [0.4, 0.5) is 4.39 Å². The summed E-state index contributed by atoms with van der Waals surface area (Å²) in [6.45, 7) is 2.03. The third-order valence-corrected chi connectivity index (χ3v) is 4.33. The van der Waals surface area contributed by atoms with Gasteiger partial charge in [-0.25, -0.2) is 9.37 Å². The molecule has 3 nitrogen and oxygen atoms in total. The first kappa shape index (κ1) is 14.6. The van der Waals surface area contributed by atoms with E-state index in [4.69, 9.17) is 0 Å². The molecular weight excluding hydrogens is 426 g/mol. The molecule has 100 valence electrons. The molecule has 0 aliphatic rings. The summed E-state index contributed by atoms with van der Waals surface area (Å²) >= 11 is 5.13. The molecule has 0 fully saturated rings. The lowest BCUT2D eigenvalue weighted by Crippen LogP contribution is -2.16. The minimum Gasteiger partial charge on any atom is -0.306 e. The van der Waals surface area contributed by atoms with Crippen molar-refractivity contribution in [3.63, 3.8) is 0 Å². The zero-order chi connectivity index (χ0) is 14.0. The first-order valence-corrected chi connectivity index (χ1v) is 7.64. The molecule has 6 heteroatoms. The summed E-state index contributed by atoms with van der Waals surface area (Å²) in [5, 5.41) is 0. The van der Waals surface area contributed by atoms with Crippen molar-refractivity contribution in [2.24, 2.45) is 0 Å². The number of aromatic amines is 1. The highest BCUT2D eigenvalue weighted by Crippen LogP contribution is 2.23. The number of nitrogens with one attached hydrogen (secondary N) is 1. The molecule has 0 spiro atoms. The summed E-state index contributed by atoms with van der Waals surface area (Å²) < 4.78 is 14.2. The predicted molar refractivity (Wildman–Crippen MR) is 84.7 cm³/mol. The van der Waals surface area contributed by atoms with Crippen LogP contribution < -0.4 is 5.56 Å². The van der Waals surface area contributed by atoms with Gasteiger partial charge in [-0.2, -0.15) is 0 Å². The number of halogens is 3. The topological polar surface area (TPSA) is 45.8 Å². The van der Waals surface area contributed by atoms with E-state index in [1.54, 1.807) is 12.1 Å². The first-order chi connectivity index (χ1) is 9.02. The fourth-order valence-corrected chi connectivity index (χ4v) is 2.59. The molecule has 2 rings (SSSR count). The van der Waals surface area contributed by atoms with Gasteiger partial charge in [-0.1, -0.05) is 13.3 Å². The SMILES string of the molecule is CCCc1nc(-c2ccc(F)c(Br)c2)[nH]c(=O)c1I.